The molecule has 21 heavy (non-hydrogen) atoms. The number of likely N-dealkylation sites (N-methyl/N-ethyl adjacent to an activating group) is 1. The van der Waals surface area contributed by atoms with E-state index >= 15 is 0 Å². The van der Waals surface area contributed by atoms with Crippen molar-refractivity contribution in [1.29, 1.82) is 0 Å². The predicted octanol–water partition coefficient (Wildman–Crippen LogP) is 0.427. The normalized spacial score (nSPS) is 12.0. The van der Waals surface area contributed by atoms with Gasteiger partial charge in [-0.2, -0.15) is 5.10 Å². The molecule has 3 N–H and O–H groups in total. The molecule has 1 heterocycles. The van der Waals surface area contributed by atoms with Crippen molar-refractivity contribution < 1.29 is 18.3 Å². The number of H-pyrrole nitrogens is 1. The molecule has 120 valence electrons. The van der Waals surface area contributed by atoms with Crippen molar-refractivity contribution in [3.05, 3.63) is 11.4 Å². The van der Waals surface area contributed by atoms with Gasteiger partial charge < -0.3 is 10.0 Å². The quantitative estimate of drug-likeness (QED) is 0.608. The molecular formula is C12H22N4O4S. The van der Waals surface area contributed by atoms with E-state index in [0.29, 0.717) is 6.54 Å². The van der Waals surface area contributed by atoms with Crippen LogP contribution < -0.4 is 4.72 Å². The summed E-state index contributed by atoms with van der Waals surface area (Å²) in [5.41, 5.74) is -0.276. The standard InChI is InChI=1S/C12H22N4O4S/c1-4-7-16(5-2)8-6-13-21(19,20)11-9(3)14-15-10(11)12(17)18/h13H,4-8H2,1-3H3,(H,14,15)(H,17,18). The largest absolute Gasteiger partial charge is 0.476 e. The molecule has 0 aliphatic heterocycles. The Bertz CT molecular complexity index is 582. The summed E-state index contributed by atoms with van der Waals surface area (Å²) in [5, 5.41) is 14.9. The number of aromatic carboxylic acids is 1. The van der Waals surface area contributed by atoms with Crippen molar-refractivity contribution in [3.8, 4) is 0 Å². The predicted molar refractivity (Wildman–Crippen MR) is 77.9 cm³/mol. The van der Waals surface area contributed by atoms with E-state index in [9.17, 15) is 13.2 Å². The third-order valence-electron chi connectivity index (χ3n) is 3.07. The van der Waals surface area contributed by atoms with Crippen LogP contribution in [-0.4, -0.2) is 60.8 Å². The third-order valence-corrected chi connectivity index (χ3v) is 4.69. The highest BCUT2D eigenvalue weighted by molar-refractivity contribution is 7.89. The molecule has 0 fully saturated rings. The molecule has 0 aliphatic rings. The van der Waals surface area contributed by atoms with Gasteiger partial charge in [-0.1, -0.05) is 13.8 Å². The number of sulfonamides is 1. The summed E-state index contributed by atoms with van der Waals surface area (Å²) in [7, 11) is -3.89. The van der Waals surface area contributed by atoms with E-state index in [1.165, 1.54) is 6.92 Å². The number of hydrogen-bond acceptors (Lipinski definition) is 5. The second kappa shape index (κ2) is 7.53. The van der Waals surface area contributed by atoms with Gasteiger partial charge in [0.15, 0.2) is 5.69 Å². The number of nitrogens with zero attached hydrogens (tertiary/aromatic N) is 2. The number of rotatable bonds is 9. The Morgan fingerprint density at radius 2 is 2.05 bits per heavy atom. The average Bonchev–Trinajstić information content (AvgIpc) is 2.80. The summed E-state index contributed by atoms with van der Waals surface area (Å²) < 4.78 is 26.9. The van der Waals surface area contributed by atoms with E-state index < -0.39 is 21.7 Å². The molecule has 1 aromatic rings. The van der Waals surface area contributed by atoms with Gasteiger partial charge in [-0.3, -0.25) is 5.10 Å². The van der Waals surface area contributed by atoms with Gasteiger partial charge in [0.25, 0.3) is 0 Å². The lowest BCUT2D eigenvalue weighted by Crippen LogP contribution is -2.35. The Morgan fingerprint density at radius 1 is 1.38 bits per heavy atom. The second-order valence-electron chi connectivity index (χ2n) is 4.66. The summed E-state index contributed by atoms with van der Waals surface area (Å²) in [4.78, 5) is 12.8. The number of carboxylic acid groups (broad SMARTS) is 1. The first-order valence-electron chi connectivity index (χ1n) is 6.83. The fourth-order valence-corrected chi connectivity index (χ4v) is 3.39. The molecule has 0 bridgehead atoms. The van der Waals surface area contributed by atoms with Gasteiger partial charge in [-0.05, 0) is 26.4 Å². The molecule has 0 atom stereocenters. The van der Waals surface area contributed by atoms with Crippen LogP contribution >= 0.6 is 0 Å². The highest BCUT2D eigenvalue weighted by Gasteiger charge is 2.27. The number of carbonyl (C=O) groups is 1. The summed E-state index contributed by atoms with van der Waals surface area (Å²) in [5.74, 6) is -1.37. The Hall–Kier alpha value is -1.45. The molecule has 9 heteroatoms. The van der Waals surface area contributed by atoms with Crippen molar-refractivity contribution in [3.63, 3.8) is 0 Å². The van der Waals surface area contributed by atoms with Gasteiger partial charge in [0.2, 0.25) is 10.0 Å². The zero-order valence-corrected chi connectivity index (χ0v) is 13.3. The highest BCUT2D eigenvalue weighted by atomic mass is 32.2. The number of aromatic nitrogens is 2. The molecule has 0 saturated heterocycles. The molecule has 0 amide bonds. The van der Waals surface area contributed by atoms with Crippen LogP contribution in [0.3, 0.4) is 0 Å². The molecular weight excluding hydrogens is 296 g/mol. The minimum absolute atomic E-state index is 0.209. The summed E-state index contributed by atoms with van der Waals surface area (Å²) in [6, 6.07) is 0. The number of carboxylic acids is 1. The monoisotopic (exact) mass is 318 g/mol. The van der Waals surface area contributed by atoms with E-state index in [1.807, 2.05) is 6.92 Å². The molecule has 1 aromatic heterocycles. The smallest absolute Gasteiger partial charge is 0.357 e. The van der Waals surface area contributed by atoms with Gasteiger partial charge >= 0.3 is 5.97 Å². The van der Waals surface area contributed by atoms with Crippen molar-refractivity contribution in [2.24, 2.45) is 0 Å². The van der Waals surface area contributed by atoms with Gasteiger partial charge in [0, 0.05) is 13.1 Å². The first-order valence-corrected chi connectivity index (χ1v) is 8.32. The lowest BCUT2D eigenvalue weighted by molar-refractivity contribution is 0.0686. The number of hydrogen-bond donors (Lipinski definition) is 3. The van der Waals surface area contributed by atoms with Gasteiger partial charge in [-0.15, -0.1) is 0 Å². The minimum Gasteiger partial charge on any atom is -0.476 e. The number of aryl methyl sites for hydroxylation is 1. The van der Waals surface area contributed by atoms with Gasteiger partial charge in [0.1, 0.15) is 4.90 Å². The van der Waals surface area contributed by atoms with Crippen LogP contribution in [0.2, 0.25) is 0 Å². The minimum atomic E-state index is -3.89. The second-order valence-corrected chi connectivity index (χ2v) is 6.37. The van der Waals surface area contributed by atoms with Crippen LogP contribution in [0.1, 0.15) is 36.5 Å². The van der Waals surface area contributed by atoms with Gasteiger partial charge in [0.05, 0.1) is 5.69 Å². The maximum atomic E-state index is 12.2. The lowest BCUT2D eigenvalue weighted by atomic mass is 10.4. The zero-order chi connectivity index (χ0) is 16.0. The van der Waals surface area contributed by atoms with Crippen LogP contribution in [-0.2, 0) is 10.0 Å². The molecule has 0 aliphatic carbocycles. The van der Waals surface area contributed by atoms with E-state index in [0.717, 1.165) is 19.5 Å². The van der Waals surface area contributed by atoms with Crippen LogP contribution in [0.5, 0.6) is 0 Å². The Balaban J connectivity index is 2.79. The van der Waals surface area contributed by atoms with Crippen LogP contribution in [0.4, 0.5) is 0 Å². The summed E-state index contributed by atoms with van der Waals surface area (Å²) in [6.07, 6.45) is 0.991. The van der Waals surface area contributed by atoms with Crippen LogP contribution in [0.25, 0.3) is 0 Å². The summed E-state index contributed by atoms with van der Waals surface area (Å²) in [6.45, 7) is 8.06. The first-order chi connectivity index (χ1) is 9.83. The lowest BCUT2D eigenvalue weighted by Gasteiger charge is -2.19. The van der Waals surface area contributed by atoms with E-state index in [2.05, 4.69) is 26.7 Å². The summed E-state index contributed by atoms with van der Waals surface area (Å²) >= 11 is 0. The van der Waals surface area contributed by atoms with E-state index in [1.54, 1.807) is 0 Å². The SMILES string of the molecule is CCCN(CC)CCNS(=O)(=O)c1c(C(=O)O)n[nH]c1C. The molecule has 0 unspecified atom stereocenters. The Labute approximate surface area is 124 Å². The first kappa shape index (κ1) is 17.6. The van der Waals surface area contributed by atoms with Crippen LogP contribution in [0, 0.1) is 6.92 Å². The Morgan fingerprint density at radius 3 is 2.57 bits per heavy atom. The topological polar surface area (TPSA) is 115 Å². The number of nitrogens with one attached hydrogen (secondary N) is 2. The van der Waals surface area contributed by atoms with Crippen molar-refractivity contribution in [2.45, 2.75) is 32.1 Å². The van der Waals surface area contributed by atoms with Gasteiger partial charge in [-0.25, -0.2) is 17.9 Å². The maximum Gasteiger partial charge on any atom is 0.357 e. The fourth-order valence-electron chi connectivity index (χ4n) is 2.05. The highest BCUT2D eigenvalue weighted by Crippen LogP contribution is 2.17. The van der Waals surface area contributed by atoms with Crippen molar-refractivity contribution in [1.82, 2.24) is 19.8 Å². The molecule has 0 aromatic carbocycles. The average molecular weight is 318 g/mol. The fraction of sp³-hybridized carbons (Fsp3) is 0.667. The molecule has 0 spiro atoms. The molecule has 0 saturated carbocycles. The van der Waals surface area contributed by atoms with E-state index in [4.69, 9.17) is 5.11 Å². The number of aromatic amines is 1. The van der Waals surface area contributed by atoms with Crippen molar-refractivity contribution >= 4 is 16.0 Å². The molecule has 0 radical (unpaired) electrons. The Kier molecular flexibility index (Phi) is 6.31. The maximum absolute atomic E-state index is 12.2. The van der Waals surface area contributed by atoms with E-state index in [-0.39, 0.29) is 17.1 Å². The third kappa shape index (κ3) is 4.51. The van der Waals surface area contributed by atoms with Crippen LogP contribution in [0.15, 0.2) is 4.90 Å². The molecule has 8 nitrogen and oxygen atoms in total. The zero-order valence-electron chi connectivity index (χ0n) is 12.5. The molecule has 1 rings (SSSR count). The van der Waals surface area contributed by atoms with Crippen molar-refractivity contribution in [2.75, 3.05) is 26.2 Å².